The molecular formula is C20H17F2N3O3. The fourth-order valence-corrected chi connectivity index (χ4v) is 3.28. The molecule has 0 amide bonds. The van der Waals surface area contributed by atoms with Gasteiger partial charge in [0.05, 0.1) is 35.9 Å². The number of rotatable bonds is 3. The van der Waals surface area contributed by atoms with Crippen molar-refractivity contribution in [2.24, 2.45) is 0 Å². The molecule has 144 valence electrons. The second-order valence-corrected chi connectivity index (χ2v) is 6.65. The number of aromatic nitrogens is 2. The van der Waals surface area contributed by atoms with Crippen LogP contribution in [0.2, 0.25) is 0 Å². The molecule has 4 rings (SSSR count). The van der Waals surface area contributed by atoms with Gasteiger partial charge in [-0.25, -0.2) is 23.5 Å². The second kappa shape index (κ2) is 7.12. The van der Waals surface area contributed by atoms with Crippen LogP contribution in [0, 0.1) is 11.6 Å². The molecule has 1 aliphatic heterocycles. The molecule has 1 fully saturated rings. The molecule has 1 aromatic heterocycles. The molecule has 0 radical (unpaired) electrons. The number of nitrogens with zero attached hydrogens (tertiary/aromatic N) is 3. The number of fused-ring (bicyclic) bond motifs is 1. The molecule has 1 N–H and O–H groups in total. The molecule has 0 aliphatic carbocycles. The molecule has 2 aromatic carbocycles. The van der Waals surface area contributed by atoms with E-state index in [9.17, 15) is 18.7 Å². The molecule has 6 nitrogen and oxygen atoms in total. The molecule has 0 bridgehead atoms. The Morgan fingerprint density at radius 1 is 1.18 bits per heavy atom. The third-order valence-electron chi connectivity index (χ3n) is 4.72. The summed E-state index contributed by atoms with van der Waals surface area (Å²) in [5.41, 5.74) is 1.31. The van der Waals surface area contributed by atoms with Gasteiger partial charge < -0.3 is 14.7 Å². The number of hydrogen-bond acceptors (Lipinski definition) is 5. The molecule has 1 unspecified atom stereocenters. The third-order valence-corrected chi connectivity index (χ3v) is 4.72. The number of carboxylic acids is 1. The summed E-state index contributed by atoms with van der Waals surface area (Å²) in [6.07, 6.45) is 0. The summed E-state index contributed by atoms with van der Waals surface area (Å²) in [5.74, 6) is -2.07. The Balaban J connectivity index is 1.96. The summed E-state index contributed by atoms with van der Waals surface area (Å²) in [5, 5.41) is 9.24. The monoisotopic (exact) mass is 385 g/mol. The van der Waals surface area contributed by atoms with E-state index in [1.54, 1.807) is 0 Å². The van der Waals surface area contributed by atoms with Gasteiger partial charge in [0.2, 0.25) is 0 Å². The molecule has 1 saturated heterocycles. The lowest BCUT2D eigenvalue weighted by molar-refractivity contribution is 0.0697. The molecular weight excluding hydrogens is 368 g/mol. The Labute approximate surface area is 159 Å². The van der Waals surface area contributed by atoms with Crippen molar-refractivity contribution < 1.29 is 23.4 Å². The second-order valence-electron chi connectivity index (χ2n) is 6.65. The number of carbonyl (C=O) groups is 1. The van der Waals surface area contributed by atoms with Crippen molar-refractivity contribution in [3.63, 3.8) is 0 Å². The highest BCUT2D eigenvalue weighted by Gasteiger charge is 2.26. The van der Waals surface area contributed by atoms with Crippen molar-refractivity contribution in [3.8, 4) is 11.3 Å². The van der Waals surface area contributed by atoms with E-state index in [1.165, 1.54) is 30.3 Å². The van der Waals surface area contributed by atoms with Crippen LogP contribution in [0.1, 0.15) is 17.3 Å². The average Bonchev–Trinajstić information content (AvgIpc) is 2.67. The van der Waals surface area contributed by atoms with Crippen molar-refractivity contribution in [1.82, 2.24) is 9.97 Å². The average molecular weight is 385 g/mol. The third kappa shape index (κ3) is 3.27. The molecule has 1 aliphatic rings. The van der Waals surface area contributed by atoms with Crippen LogP contribution in [0.15, 0.2) is 36.4 Å². The highest BCUT2D eigenvalue weighted by Crippen LogP contribution is 2.33. The fourth-order valence-electron chi connectivity index (χ4n) is 3.28. The summed E-state index contributed by atoms with van der Waals surface area (Å²) in [6.45, 7) is 3.42. The van der Waals surface area contributed by atoms with Gasteiger partial charge in [0.15, 0.2) is 5.82 Å². The first kappa shape index (κ1) is 18.2. The number of anilines is 1. The van der Waals surface area contributed by atoms with Crippen LogP contribution in [-0.4, -0.2) is 46.8 Å². The Hall–Kier alpha value is -3.13. The summed E-state index contributed by atoms with van der Waals surface area (Å²) in [7, 11) is 0. The largest absolute Gasteiger partial charge is 0.478 e. The van der Waals surface area contributed by atoms with E-state index >= 15 is 0 Å². The Kier molecular flexibility index (Phi) is 4.64. The van der Waals surface area contributed by atoms with Crippen LogP contribution in [0.25, 0.3) is 22.3 Å². The van der Waals surface area contributed by atoms with Crippen molar-refractivity contribution in [2.45, 2.75) is 13.0 Å². The zero-order valence-corrected chi connectivity index (χ0v) is 15.0. The van der Waals surface area contributed by atoms with Crippen LogP contribution < -0.4 is 4.90 Å². The van der Waals surface area contributed by atoms with Gasteiger partial charge in [-0.1, -0.05) is 0 Å². The van der Waals surface area contributed by atoms with E-state index in [4.69, 9.17) is 4.74 Å². The van der Waals surface area contributed by atoms with Gasteiger partial charge in [-0.2, -0.15) is 0 Å². The van der Waals surface area contributed by atoms with E-state index in [1.807, 2.05) is 11.8 Å². The Bertz CT molecular complexity index is 1070. The molecule has 1 atom stereocenters. The van der Waals surface area contributed by atoms with Gasteiger partial charge in [-0.3, -0.25) is 0 Å². The first-order chi connectivity index (χ1) is 13.4. The molecule has 8 heteroatoms. The lowest BCUT2D eigenvalue weighted by Gasteiger charge is -2.35. The highest BCUT2D eigenvalue weighted by molar-refractivity contribution is 5.93. The van der Waals surface area contributed by atoms with Gasteiger partial charge in [0.25, 0.3) is 0 Å². The number of benzene rings is 2. The van der Waals surface area contributed by atoms with Crippen LogP contribution in [0.4, 0.5) is 14.6 Å². The van der Waals surface area contributed by atoms with Gasteiger partial charge in [0, 0.05) is 18.2 Å². The topological polar surface area (TPSA) is 75.5 Å². The smallest absolute Gasteiger partial charge is 0.335 e. The SMILES string of the molecule is CC1COCCN1c1nc2cc(C(=O)O)ccc2nc1-c1ccc(F)cc1F. The molecule has 0 spiro atoms. The first-order valence-corrected chi connectivity index (χ1v) is 8.79. The highest BCUT2D eigenvalue weighted by atomic mass is 19.1. The van der Waals surface area contributed by atoms with Crippen LogP contribution in [0.3, 0.4) is 0 Å². The lowest BCUT2D eigenvalue weighted by atomic mass is 10.1. The quantitative estimate of drug-likeness (QED) is 0.744. The normalized spacial score (nSPS) is 17.1. The Morgan fingerprint density at radius 3 is 2.71 bits per heavy atom. The molecule has 0 saturated carbocycles. The van der Waals surface area contributed by atoms with Gasteiger partial charge in [-0.05, 0) is 37.3 Å². The zero-order valence-electron chi connectivity index (χ0n) is 15.0. The summed E-state index contributed by atoms with van der Waals surface area (Å²) in [6, 6.07) is 7.66. The van der Waals surface area contributed by atoms with Crippen molar-refractivity contribution >= 4 is 22.8 Å². The summed E-state index contributed by atoms with van der Waals surface area (Å²) in [4.78, 5) is 22.4. The van der Waals surface area contributed by atoms with Crippen LogP contribution >= 0.6 is 0 Å². The number of carboxylic acid groups (broad SMARTS) is 1. The maximum Gasteiger partial charge on any atom is 0.335 e. The fraction of sp³-hybridized carbons (Fsp3) is 0.250. The predicted octanol–water partition coefficient (Wildman–Crippen LogP) is 3.50. The van der Waals surface area contributed by atoms with Gasteiger partial charge >= 0.3 is 5.97 Å². The maximum atomic E-state index is 14.5. The summed E-state index contributed by atoms with van der Waals surface area (Å²) >= 11 is 0. The van der Waals surface area contributed by atoms with Crippen LogP contribution in [-0.2, 0) is 4.74 Å². The number of hydrogen-bond donors (Lipinski definition) is 1. The molecule has 28 heavy (non-hydrogen) atoms. The zero-order chi connectivity index (χ0) is 19.8. The minimum atomic E-state index is -1.07. The van der Waals surface area contributed by atoms with E-state index in [-0.39, 0.29) is 22.9 Å². The van der Waals surface area contributed by atoms with Crippen molar-refractivity contribution in [3.05, 3.63) is 53.6 Å². The van der Waals surface area contributed by atoms with E-state index in [0.29, 0.717) is 36.6 Å². The number of ether oxygens (including phenoxy) is 1. The number of halogens is 2. The van der Waals surface area contributed by atoms with E-state index in [2.05, 4.69) is 9.97 Å². The minimum absolute atomic E-state index is 0.0367. The van der Waals surface area contributed by atoms with E-state index in [0.717, 1.165) is 6.07 Å². The van der Waals surface area contributed by atoms with Crippen molar-refractivity contribution in [1.29, 1.82) is 0 Å². The lowest BCUT2D eigenvalue weighted by Crippen LogP contribution is -2.44. The van der Waals surface area contributed by atoms with E-state index < -0.39 is 17.6 Å². The summed E-state index contributed by atoms with van der Waals surface area (Å²) < 4.78 is 33.4. The Morgan fingerprint density at radius 2 is 2.00 bits per heavy atom. The predicted molar refractivity (Wildman–Crippen MR) is 99.5 cm³/mol. The van der Waals surface area contributed by atoms with Gasteiger partial charge in [-0.15, -0.1) is 0 Å². The first-order valence-electron chi connectivity index (χ1n) is 8.79. The number of morpholine rings is 1. The van der Waals surface area contributed by atoms with Crippen LogP contribution in [0.5, 0.6) is 0 Å². The van der Waals surface area contributed by atoms with Gasteiger partial charge in [0.1, 0.15) is 17.3 Å². The number of aromatic carboxylic acids is 1. The molecule has 2 heterocycles. The molecule has 3 aromatic rings. The maximum absolute atomic E-state index is 14.5. The van der Waals surface area contributed by atoms with Crippen molar-refractivity contribution in [2.75, 3.05) is 24.7 Å². The standard InChI is InChI=1S/C20H17F2N3O3/c1-11-10-28-7-6-25(11)19-18(14-4-3-13(21)9-15(14)22)23-16-5-2-12(20(26)27)8-17(16)24-19/h2-5,8-9,11H,6-7,10H2,1H3,(H,26,27). The minimum Gasteiger partial charge on any atom is -0.478 e.